The number of nitrogens with one attached hydrogen (secondary N) is 1. The number of hydrogen-bond donors (Lipinski definition) is 1. The zero-order valence-corrected chi connectivity index (χ0v) is 8.04. The van der Waals surface area contributed by atoms with E-state index in [4.69, 9.17) is 4.74 Å². The first-order valence-electron chi connectivity index (χ1n) is 4.40. The molecular formula is C8H9N5O2. The maximum atomic E-state index is 11.3. The van der Waals surface area contributed by atoms with E-state index in [-0.39, 0.29) is 5.69 Å². The summed E-state index contributed by atoms with van der Waals surface area (Å²) >= 11 is 0. The third-order valence-electron chi connectivity index (χ3n) is 1.73. The summed E-state index contributed by atoms with van der Waals surface area (Å²) in [6.07, 6.45) is 4.70. The topological polar surface area (TPSA) is 85.7 Å². The molecule has 0 aromatic carbocycles. The van der Waals surface area contributed by atoms with Crippen molar-refractivity contribution in [2.24, 2.45) is 0 Å². The Morgan fingerprint density at radius 3 is 3.20 bits per heavy atom. The molecule has 0 aliphatic rings. The minimum atomic E-state index is -0.479. The Morgan fingerprint density at radius 1 is 1.67 bits per heavy atom. The van der Waals surface area contributed by atoms with Crippen molar-refractivity contribution in [2.45, 2.75) is 6.92 Å². The lowest BCUT2D eigenvalue weighted by atomic mass is 10.5. The van der Waals surface area contributed by atoms with Gasteiger partial charge in [-0.1, -0.05) is 5.21 Å². The first-order chi connectivity index (χ1) is 7.31. The minimum Gasteiger partial charge on any atom is -0.461 e. The summed E-state index contributed by atoms with van der Waals surface area (Å²) in [7, 11) is 0. The first-order valence-corrected chi connectivity index (χ1v) is 4.40. The third kappa shape index (κ3) is 1.85. The Kier molecular flexibility index (Phi) is 2.44. The van der Waals surface area contributed by atoms with Crippen LogP contribution < -0.4 is 0 Å². The molecule has 0 saturated heterocycles. The smallest absolute Gasteiger partial charge is 0.360 e. The van der Waals surface area contributed by atoms with Crippen LogP contribution in [0.5, 0.6) is 0 Å². The predicted molar refractivity (Wildman–Crippen MR) is 49.5 cm³/mol. The van der Waals surface area contributed by atoms with Crippen molar-refractivity contribution in [1.29, 1.82) is 0 Å². The van der Waals surface area contributed by atoms with Crippen LogP contribution in [0.25, 0.3) is 5.69 Å². The summed E-state index contributed by atoms with van der Waals surface area (Å²) < 4.78 is 6.22. The molecule has 7 nitrogen and oxygen atoms in total. The SMILES string of the molecule is CCOC(=O)c1cn(-c2cn[nH]c2)nn1. The van der Waals surface area contributed by atoms with Crippen LogP contribution in [0.3, 0.4) is 0 Å². The highest BCUT2D eigenvalue weighted by atomic mass is 16.5. The van der Waals surface area contributed by atoms with Crippen LogP contribution in [0, 0.1) is 0 Å². The molecule has 0 aliphatic carbocycles. The van der Waals surface area contributed by atoms with E-state index in [1.807, 2.05) is 0 Å². The van der Waals surface area contributed by atoms with Crippen LogP contribution in [0.15, 0.2) is 18.6 Å². The maximum absolute atomic E-state index is 11.3. The number of rotatable bonds is 3. The standard InChI is InChI=1S/C8H9N5O2/c1-2-15-8(14)7-5-13(12-11-7)6-3-9-10-4-6/h3-5H,2H2,1H3,(H,9,10). The molecule has 7 heteroatoms. The van der Waals surface area contributed by atoms with E-state index < -0.39 is 5.97 Å². The lowest BCUT2D eigenvalue weighted by molar-refractivity contribution is 0.0519. The number of H-pyrrole nitrogens is 1. The molecule has 2 aromatic rings. The molecule has 2 heterocycles. The van der Waals surface area contributed by atoms with E-state index in [9.17, 15) is 4.79 Å². The molecule has 2 aromatic heterocycles. The van der Waals surface area contributed by atoms with Crippen LogP contribution in [0.1, 0.15) is 17.4 Å². The van der Waals surface area contributed by atoms with E-state index in [0.29, 0.717) is 12.3 Å². The molecule has 1 N–H and O–H groups in total. The van der Waals surface area contributed by atoms with Crippen LogP contribution in [0.4, 0.5) is 0 Å². The Hall–Kier alpha value is -2.18. The summed E-state index contributed by atoms with van der Waals surface area (Å²) in [6, 6.07) is 0. The van der Waals surface area contributed by atoms with Gasteiger partial charge in [0, 0.05) is 6.20 Å². The molecule has 0 fully saturated rings. The van der Waals surface area contributed by atoms with Gasteiger partial charge in [-0.05, 0) is 6.92 Å². The van der Waals surface area contributed by atoms with Gasteiger partial charge in [0.05, 0.1) is 19.0 Å². The monoisotopic (exact) mass is 207 g/mol. The second kappa shape index (κ2) is 3.91. The summed E-state index contributed by atoms with van der Waals surface area (Å²) in [4.78, 5) is 11.3. The van der Waals surface area contributed by atoms with Crippen molar-refractivity contribution >= 4 is 5.97 Å². The number of esters is 1. The van der Waals surface area contributed by atoms with Gasteiger partial charge in [-0.15, -0.1) is 5.10 Å². The molecule has 0 bridgehead atoms. The van der Waals surface area contributed by atoms with Gasteiger partial charge in [-0.3, -0.25) is 5.10 Å². The highest BCUT2D eigenvalue weighted by Gasteiger charge is 2.12. The zero-order valence-electron chi connectivity index (χ0n) is 8.04. The molecule has 0 spiro atoms. The lowest BCUT2D eigenvalue weighted by Gasteiger charge is -1.95. The number of ether oxygens (including phenoxy) is 1. The minimum absolute atomic E-state index is 0.179. The fourth-order valence-corrected chi connectivity index (χ4v) is 1.06. The van der Waals surface area contributed by atoms with E-state index in [1.165, 1.54) is 10.9 Å². The van der Waals surface area contributed by atoms with E-state index >= 15 is 0 Å². The molecule has 15 heavy (non-hydrogen) atoms. The highest BCUT2D eigenvalue weighted by Crippen LogP contribution is 2.03. The average Bonchev–Trinajstić information content (AvgIpc) is 2.89. The maximum Gasteiger partial charge on any atom is 0.360 e. The quantitative estimate of drug-likeness (QED) is 0.725. The Labute approximate surface area is 85.1 Å². The van der Waals surface area contributed by atoms with Gasteiger partial charge in [0.1, 0.15) is 5.69 Å². The van der Waals surface area contributed by atoms with Gasteiger partial charge in [-0.25, -0.2) is 9.48 Å². The number of aromatic nitrogens is 5. The molecule has 0 radical (unpaired) electrons. The molecule has 0 saturated carbocycles. The fourth-order valence-electron chi connectivity index (χ4n) is 1.06. The largest absolute Gasteiger partial charge is 0.461 e. The number of nitrogens with zero attached hydrogens (tertiary/aromatic N) is 4. The second-order valence-corrected chi connectivity index (χ2v) is 2.73. The van der Waals surface area contributed by atoms with E-state index in [0.717, 1.165) is 0 Å². The van der Waals surface area contributed by atoms with Crippen molar-refractivity contribution in [3.8, 4) is 5.69 Å². The Morgan fingerprint density at radius 2 is 2.53 bits per heavy atom. The fraction of sp³-hybridized carbons (Fsp3) is 0.250. The molecule has 0 atom stereocenters. The van der Waals surface area contributed by atoms with Gasteiger partial charge in [0.2, 0.25) is 0 Å². The highest BCUT2D eigenvalue weighted by molar-refractivity contribution is 5.86. The molecular weight excluding hydrogens is 198 g/mol. The van der Waals surface area contributed by atoms with Gasteiger partial charge >= 0.3 is 5.97 Å². The van der Waals surface area contributed by atoms with E-state index in [1.54, 1.807) is 19.3 Å². The van der Waals surface area contributed by atoms with Crippen molar-refractivity contribution in [1.82, 2.24) is 25.2 Å². The summed E-state index contributed by atoms with van der Waals surface area (Å²) in [6.45, 7) is 2.05. The van der Waals surface area contributed by atoms with Crippen LogP contribution >= 0.6 is 0 Å². The number of carbonyl (C=O) groups excluding carboxylic acids is 1. The summed E-state index contributed by atoms with van der Waals surface area (Å²) in [5.74, 6) is -0.479. The number of aromatic amines is 1. The third-order valence-corrected chi connectivity index (χ3v) is 1.73. The average molecular weight is 207 g/mol. The lowest BCUT2D eigenvalue weighted by Crippen LogP contribution is -2.04. The van der Waals surface area contributed by atoms with Crippen molar-refractivity contribution < 1.29 is 9.53 Å². The van der Waals surface area contributed by atoms with Crippen LogP contribution in [-0.2, 0) is 4.74 Å². The van der Waals surface area contributed by atoms with Crippen molar-refractivity contribution in [2.75, 3.05) is 6.61 Å². The molecule has 0 aliphatic heterocycles. The first kappa shape index (κ1) is 9.38. The molecule has 78 valence electrons. The normalized spacial score (nSPS) is 10.2. The molecule has 0 amide bonds. The van der Waals surface area contributed by atoms with Crippen LogP contribution in [0.2, 0.25) is 0 Å². The van der Waals surface area contributed by atoms with Gasteiger partial charge in [0.15, 0.2) is 5.69 Å². The van der Waals surface area contributed by atoms with Crippen molar-refractivity contribution in [3.63, 3.8) is 0 Å². The van der Waals surface area contributed by atoms with Crippen molar-refractivity contribution in [3.05, 3.63) is 24.3 Å². The number of hydrogen-bond acceptors (Lipinski definition) is 5. The summed E-state index contributed by atoms with van der Waals surface area (Å²) in [5, 5.41) is 13.9. The summed E-state index contributed by atoms with van der Waals surface area (Å²) in [5.41, 5.74) is 0.885. The van der Waals surface area contributed by atoms with Gasteiger partial charge in [0.25, 0.3) is 0 Å². The number of carbonyl (C=O) groups is 1. The van der Waals surface area contributed by atoms with Crippen LogP contribution in [-0.4, -0.2) is 37.8 Å². The molecule has 2 rings (SSSR count). The zero-order chi connectivity index (χ0) is 10.7. The predicted octanol–water partition coefficient (Wildman–Crippen LogP) is 0.167. The van der Waals surface area contributed by atoms with Gasteiger partial charge < -0.3 is 4.74 Å². The second-order valence-electron chi connectivity index (χ2n) is 2.73. The van der Waals surface area contributed by atoms with Gasteiger partial charge in [-0.2, -0.15) is 5.10 Å². The molecule has 0 unspecified atom stereocenters. The Balaban J connectivity index is 2.21. The van der Waals surface area contributed by atoms with E-state index in [2.05, 4.69) is 20.5 Å². The Bertz CT molecular complexity index is 447.